The second-order valence-corrected chi connectivity index (χ2v) is 7.32. The standard InChI is InChI=1S/C22H24ClN3O3/c23-20(22(28)25-29)15-19-8-4-7-18(24-19)9-10-21(27)26-13-11-17(12-14-26)16-5-2-1-3-6-16/h1-10,15,17,21,27,29H,11-14H2,(H,25,28)/b10-9+,20-15+. The van der Waals surface area contributed by atoms with E-state index in [1.807, 2.05) is 11.0 Å². The molecule has 1 aliphatic rings. The van der Waals surface area contributed by atoms with Crippen LogP contribution in [0, 0.1) is 0 Å². The molecule has 0 saturated carbocycles. The Morgan fingerprint density at radius 2 is 1.83 bits per heavy atom. The van der Waals surface area contributed by atoms with Gasteiger partial charge in [-0.2, -0.15) is 0 Å². The maximum Gasteiger partial charge on any atom is 0.286 e. The zero-order chi connectivity index (χ0) is 20.6. The van der Waals surface area contributed by atoms with Gasteiger partial charge in [0.15, 0.2) is 0 Å². The summed E-state index contributed by atoms with van der Waals surface area (Å²) in [5.74, 6) is -0.265. The number of hydroxylamine groups is 1. The highest BCUT2D eigenvalue weighted by Crippen LogP contribution is 2.28. The summed E-state index contributed by atoms with van der Waals surface area (Å²) in [6.07, 6.45) is 6.15. The van der Waals surface area contributed by atoms with Gasteiger partial charge in [0.05, 0.1) is 11.4 Å². The molecule has 1 aromatic carbocycles. The molecule has 152 valence electrons. The van der Waals surface area contributed by atoms with Gasteiger partial charge in [0, 0.05) is 13.1 Å². The molecule has 1 atom stereocenters. The molecule has 1 aromatic heterocycles. The summed E-state index contributed by atoms with van der Waals surface area (Å²) >= 11 is 5.79. The van der Waals surface area contributed by atoms with E-state index >= 15 is 0 Å². The van der Waals surface area contributed by atoms with Crippen molar-refractivity contribution in [3.05, 3.63) is 76.6 Å². The quantitative estimate of drug-likeness (QED) is 0.384. The third-order valence-electron chi connectivity index (χ3n) is 5.00. The van der Waals surface area contributed by atoms with Crippen LogP contribution in [0.5, 0.6) is 0 Å². The zero-order valence-electron chi connectivity index (χ0n) is 15.9. The van der Waals surface area contributed by atoms with Crippen molar-refractivity contribution >= 4 is 29.7 Å². The van der Waals surface area contributed by atoms with Crippen molar-refractivity contribution in [2.75, 3.05) is 13.1 Å². The number of aromatic nitrogens is 1. The minimum Gasteiger partial charge on any atom is -0.375 e. The van der Waals surface area contributed by atoms with Crippen molar-refractivity contribution in [2.24, 2.45) is 0 Å². The number of hydrogen-bond donors (Lipinski definition) is 3. The number of aliphatic hydroxyl groups excluding tert-OH is 1. The molecule has 7 heteroatoms. The zero-order valence-corrected chi connectivity index (χ0v) is 16.7. The first-order valence-electron chi connectivity index (χ1n) is 9.51. The number of piperidine rings is 1. The van der Waals surface area contributed by atoms with Crippen LogP contribution in [0.4, 0.5) is 0 Å². The van der Waals surface area contributed by atoms with Crippen molar-refractivity contribution in [3.8, 4) is 0 Å². The number of halogens is 1. The summed E-state index contributed by atoms with van der Waals surface area (Å²) in [5, 5.41) is 18.9. The van der Waals surface area contributed by atoms with Gasteiger partial charge in [-0.3, -0.25) is 14.9 Å². The third-order valence-corrected chi connectivity index (χ3v) is 5.28. The maximum atomic E-state index is 11.3. The highest BCUT2D eigenvalue weighted by molar-refractivity contribution is 6.43. The smallest absolute Gasteiger partial charge is 0.286 e. The first-order valence-corrected chi connectivity index (χ1v) is 9.88. The van der Waals surface area contributed by atoms with Crippen LogP contribution in [0.2, 0.25) is 0 Å². The van der Waals surface area contributed by atoms with E-state index in [9.17, 15) is 9.90 Å². The van der Waals surface area contributed by atoms with Crippen LogP contribution in [0.3, 0.4) is 0 Å². The molecular weight excluding hydrogens is 390 g/mol. The van der Waals surface area contributed by atoms with Crippen LogP contribution in [-0.2, 0) is 4.79 Å². The van der Waals surface area contributed by atoms with E-state index < -0.39 is 12.1 Å². The average Bonchev–Trinajstić information content (AvgIpc) is 2.77. The van der Waals surface area contributed by atoms with Crippen molar-refractivity contribution in [3.63, 3.8) is 0 Å². The molecule has 3 rings (SSSR count). The third kappa shape index (κ3) is 5.98. The summed E-state index contributed by atoms with van der Waals surface area (Å²) in [6, 6.07) is 15.8. The first kappa shape index (κ1) is 21.2. The number of rotatable bonds is 6. The molecule has 0 spiro atoms. The SMILES string of the molecule is O=C(NO)/C(Cl)=C\c1cccc(/C=C/C(O)N2CCC(c3ccccc3)CC2)n1. The van der Waals surface area contributed by atoms with E-state index in [1.54, 1.807) is 30.4 Å². The van der Waals surface area contributed by atoms with E-state index in [0.29, 0.717) is 17.3 Å². The summed E-state index contributed by atoms with van der Waals surface area (Å²) in [5.41, 5.74) is 3.93. The largest absolute Gasteiger partial charge is 0.375 e. The lowest BCUT2D eigenvalue weighted by molar-refractivity contribution is -0.124. The normalized spacial score (nSPS) is 17.4. The number of pyridine rings is 1. The van der Waals surface area contributed by atoms with Crippen LogP contribution in [0.15, 0.2) is 59.6 Å². The van der Waals surface area contributed by atoms with Gasteiger partial charge in [0.1, 0.15) is 11.3 Å². The van der Waals surface area contributed by atoms with Crippen molar-refractivity contribution in [1.82, 2.24) is 15.4 Å². The van der Waals surface area contributed by atoms with Gasteiger partial charge in [0.2, 0.25) is 0 Å². The van der Waals surface area contributed by atoms with E-state index in [-0.39, 0.29) is 5.03 Å². The number of carbonyl (C=O) groups is 1. The number of hydrogen-bond acceptors (Lipinski definition) is 5. The summed E-state index contributed by atoms with van der Waals surface area (Å²) in [7, 11) is 0. The number of benzene rings is 1. The van der Waals surface area contributed by atoms with Crippen molar-refractivity contribution < 1.29 is 15.1 Å². The number of amides is 1. The molecule has 1 unspecified atom stereocenters. The Morgan fingerprint density at radius 1 is 1.14 bits per heavy atom. The number of carbonyl (C=O) groups excluding carboxylic acids is 1. The molecular formula is C22H24ClN3O3. The van der Waals surface area contributed by atoms with Crippen molar-refractivity contribution in [1.29, 1.82) is 0 Å². The van der Waals surface area contributed by atoms with Crippen molar-refractivity contribution in [2.45, 2.75) is 25.0 Å². The fourth-order valence-electron chi connectivity index (χ4n) is 3.42. The highest BCUT2D eigenvalue weighted by Gasteiger charge is 2.23. The highest BCUT2D eigenvalue weighted by atomic mass is 35.5. The van der Waals surface area contributed by atoms with E-state index in [1.165, 1.54) is 17.1 Å². The molecule has 0 radical (unpaired) electrons. The monoisotopic (exact) mass is 413 g/mol. The number of likely N-dealkylation sites (tertiary alicyclic amines) is 1. The van der Waals surface area contributed by atoms with Gasteiger partial charge < -0.3 is 5.11 Å². The number of nitrogens with one attached hydrogen (secondary N) is 1. The van der Waals surface area contributed by atoms with Gasteiger partial charge in [-0.1, -0.05) is 48.0 Å². The fourth-order valence-corrected chi connectivity index (χ4v) is 3.57. The molecule has 0 aliphatic carbocycles. The predicted molar refractivity (Wildman–Crippen MR) is 113 cm³/mol. The summed E-state index contributed by atoms with van der Waals surface area (Å²) < 4.78 is 0. The molecule has 1 aliphatic heterocycles. The van der Waals surface area contributed by atoms with Gasteiger partial charge in [-0.25, -0.2) is 10.5 Å². The van der Waals surface area contributed by atoms with E-state index in [0.717, 1.165) is 25.9 Å². The molecule has 1 fully saturated rings. The molecule has 0 bridgehead atoms. The second kappa shape index (κ2) is 10.3. The Labute approximate surface area is 175 Å². The van der Waals surface area contributed by atoms with Gasteiger partial charge in [0.25, 0.3) is 5.91 Å². The Morgan fingerprint density at radius 3 is 2.52 bits per heavy atom. The van der Waals surface area contributed by atoms with E-state index in [4.69, 9.17) is 16.8 Å². The maximum absolute atomic E-state index is 11.3. The van der Waals surface area contributed by atoms with Gasteiger partial charge >= 0.3 is 0 Å². The van der Waals surface area contributed by atoms with Crippen LogP contribution >= 0.6 is 11.6 Å². The fraction of sp³-hybridized carbons (Fsp3) is 0.273. The van der Waals surface area contributed by atoms with Gasteiger partial charge in [-0.15, -0.1) is 0 Å². The lowest BCUT2D eigenvalue weighted by Gasteiger charge is -2.34. The first-order chi connectivity index (χ1) is 14.1. The topological polar surface area (TPSA) is 85.7 Å². The minimum absolute atomic E-state index is 0.178. The predicted octanol–water partition coefficient (Wildman–Crippen LogP) is 3.38. The molecule has 29 heavy (non-hydrogen) atoms. The van der Waals surface area contributed by atoms with Gasteiger partial charge in [-0.05, 0) is 54.7 Å². The minimum atomic E-state index is -0.802. The Bertz CT molecular complexity index is 878. The Kier molecular flexibility index (Phi) is 7.55. The molecule has 2 aromatic rings. The summed E-state index contributed by atoms with van der Waals surface area (Å²) in [6.45, 7) is 1.65. The van der Waals surface area contributed by atoms with Crippen LogP contribution in [-0.4, -0.2) is 45.4 Å². The number of aliphatic hydroxyl groups is 1. The Hall–Kier alpha value is -2.51. The van der Waals surface area contributed by atoms with E-state index in [2.05, 4.69) is 29.2 Å². The number of nitrogens with zero attached hydrogens (tertiary/aromatic N) is 2. The second-order valence-electron chi connectivity index (χ2n) is 6.91. The lowest BCUT2D eigenvalue weighted by Crippen LogP contribution is -2.39. The Balaban J connectivity index is 1.58. The molecule has 1 amide bonds. The molecule has 3 N–H and O–H groups in total. The molecule has 1 saturated heterocycles. The van der Waals surface area contributed by atoms with Crippen LogP contribution in [0.25, 0.3) is 12.2 Å². The molecule has 2 heterocycles. The lowest BCUT2D eigenvalue weighted by atomic mass is 9.89. The van der Waals surface area contributed by atoms with Crippen LogP contribution in [0.1, 0.15) is 35.7 Å². The summed E-state index contributed by atoms with van der Waals surface area (Å²) in [4.78, 5) is 17.7. The average molecular weight is 414 g/mol. The van der Waals surface area contributed by atoms with Crippen LogP contribution < -0.4 is 5.48 Å². The molecule has 6 nitrogen and oxygen atoms in total.